The molecule has 142 valence electrons. The molecule has 1 aliphatic heterocycles. The average Bonchev–Trinajstić information content (AvgIpc) is 3.03. The molecule has 27 heavy (non-hydrogen) atoms. The van der Waals surface area contributed by atoms with Gasteiger partial charge in [-0.15, -0.1) is 11.8 Å². The highest BCUT2D eigenvalue weighted by atomic mass is 32.2. The third kappa shape index (κ3) is 4.33. The monoisotopic (exact) mass is 387 g/mol. The smallest absolute Gasteiger partial charge is 0.338 e. The molecule has 1 heterocycles. The van der Waals surface area contributed by atoms with Crippen LogP contribution in [-0.2, 0) is 9.53 Å². The fourth-order valence-electron chi connectivity index (χ4n) is 3.00. The lowest BCUT2D eigenvalue weighted by Crippen LogP contribution is -2.28. The molecule has 4 nitrogen and oxygen atoms in total. The van der Waals surface area contributed by atoms with E-state index < -0.39 is 0 Å². The standard InChI is InChI=1S/C21H22FNO3S/c1-3-4-11-26-21(25)16-7-10-18(14(2)12-16)23-19(24)13-27-20(23)15-5-8-17(22)9-6-15/h5-10,12,20H,3-4,11,13H2,1-2H3. The summed E-state index contributed by atoms with van der Waals surface area (Å²) in [5, 5.41) is -0.209. The van der Waals surface area contributed by atoms with Crippen LogP contribution in [-0.4, -0.2) is 24.2 Å². The number of benzene rings is 2. The van der Waals surface area contributed by atoms with Gasteiger partial charge in [0, 0.05) is 5.69 Å². The summed E-state index contributed by atoms with van der Waals surface area (Å²) in [7, 11) is 0. The first-order valence-electron chi connectivity index (χ1n) is 8.98. The van der Waals surface area contributed by atoms with Gasteiger partial charge in [0.2, 0.25) is 5.91 Å². The Morgan fingerprint density at radius 1 is 1.26 bits per heavy atom. The minimum absolute atomic E-state index is 0.00398. The number of esters is 1. The van der Waals surface area contributed by atoms with Crippen LogP contribution in [0.25, 0.3) is 0 Å². The number of anilines is 1. The summed E-state index contributed by atoms with van der Waals surface area (Å²) in [4.78, 5) is 26.4. The lowest BCUT2D eigenvalue weighted by atomic mass is 10.1. The van der Waals surface area contributed by atoms with Crippen LogP contribution in [0.15, 0.2) is 42.5 Å². The van der Waals surface area contributed by atoms with Crippen molar-refractivity contribution in [1.82, 2.24) is 0 Å². The van der Waals surface area contributed by atoms with Gasteiger partial charge in [0.15, 0.2) is 0 Å². The van der Waals surface area contributed by atoms with E-state index in [0.717, 1.165) is 29.7 Å². The van der Waals surface area contributed by atoms with E-state index in [2.05, 4.69) is 0 Å². The quantitative estimate of drug-likeness (QED) is 0.524. The van der Waals surface area contributed by atoms with Crippen molar-refractivity contribution in [2.75, 3.05) is 17.3 Å². The van der Waals surface area contributed by atoms with Gasteiger partial charge in [-0.2, -0.15) is 0 Å². The van der Waals surface area contributed by atoms with E-state index in [1.165, 1.54) is 23.9 Å². The van der Waals surface area contributed by atoms with Crippen molar-refractivity contribution in [3.8, 4) is 0 Å². The maximum atomic E-state index is 13.2. The predicted molar refractivity (Wildman–Crippen MR) is 105 cm³/mol. The summed E-state index contributed by atoms with van der Waals surface area (Å²) in [6.07, 6.45) is 1.80. The number of hydrogen-bond acceptors (Lipinski definition) is 4. The number of rotatable bonds is 6. The van der Waals surface area contributed by atoms with Gasteiger partial charge in [-0.05, 0) is 54.8 Å². The molecule has 3 rings (SSSR count). The zero-order chi connectivity index (χ0) is 19.4. The summed E-state index contributed by atoms with van der Waals surface area (Å²) in [6.45, 7) is 4.32. The Morgan fingerprint density at radius 3 is 2.67 bits per heavy atom. The zero-order valence-corrected chi connectivity index (χ0v) is 16.2. The Bertz CT molecular complexity index is 838. The van der Waals surface area contributed by atoms with Crippen LogP contribution in [0.5, 0.6) is 0 Å². The summed E-state index contributed by atoms with van der Waals surface area (Å²) in [5.41, 5.74) is 2.92. The molecule has 0 saturated carbocycles. The molecule has 2 aromatic rings. The molecule has 1 atom stereocenters. The van der Waals surface area contributed by atoms with Crippen molar-refractivity contribution < 1.29 is 18.7 Å². The van der Waals surface area contributed by atoms with E-state index in [0.29, 0.717) is 17.9 Å². The number of halogens is 1. The molecule has 0 radical (unpaired) electrons. The topological polar surface area (TPSA) is 46.6 Å². The number of carbonyl (C=O) groups is 2. The number of carbonyl (C=O) groups excluding carboxylic acids is 2. The molecule has 1 unspecified atom stereocenters. The molecule has 0 aromatic heterocycles. The second-order valence-corrected chi connectivity index (χ2v) is 7.54. The van der Waals surface area contributed by atoms with Crippen molar-refractivity contribution in [2.45, 2.75) is 32.1 Å². The van der Waals surface area contributed by atoms with Crippen LogP contribution >= 0.6 is 11.8 Å². The number of hydrogen-bond donors (Lipinski definition) is 0. The van der Waals surface area contributed by atoms with E-state index in [4.69, 9.17) is 4.74 Å². The maximum absolute atomic E-state index is 13.2. The fourth-order valence-corrected chi connectivity index (χ4v) is 4.17. The van der Waals surface area contributed by atoms with Gasteiger partial charge in [-0.25, -0.2) is 9.18 Å². The number of unbranched alkanes of at least 4 members (excludes halogenated alkanes) is 1. The van der Waals surface area contributed by atoms with Crippen LogP contribution in [0.4, 0.5) is 10.1 Å². The van der Waals surface area contributed by atoms with E-state index in [-0.39, 0.29) is 23.1 Å². The maximum Gasteiger partial charge on any atom is 0.338 e. The molecule has 0 bridgehead atoms. The van der Waals surface area contributed by atoms with Crippen LogP contribution in [0, 0.1) is 12.7 Å². The first-order chi connectivity index (χ1) is 13.0. The molecular formula is C21H22FNO3S. The van der Waals surface area contributed by atoms with Crippen LogP contribution < -0.4 is 4.90 Å². The minimum atomic E-state index is -0.352. The number of ether oxygens (including phenoxy) is 1. The summed E-state index contributed by atoms with van der Waals surface area (Å²) in [5.74, 6) is -0.296. The Kier molecular flexibility index (Phi) is 6.16. The van der Waals surface area contributed by atoms with Gasteiger partial charge in [-0.3, -0.25) is 9.69 Å². The highest BCUT2D eigenvalue weighted by Crippen LogP contribution is 2.42. The summed E-state index contributed by atoms with van der Waals surface area (Å²) in [6, 6.07) is 11.4. The van der Waals surface area contributed by atoms with E-state index in [9.17, 15) is 14.0 Å². The van der Waals surface area contributed by atoms with Crippen molar-refractivity contribution in [3.63, 3.8) is 0 Å². The van der Waals surface area contributed by atoms with Crippen LogP contribution in [0.3, 0.4) is 0 Å². The number of thioether (sulfide) groups is 1. The van der Waals surface area contributed by atoms with Crippen molar-refractivity contribution in [3.05, 3.63) is 65.0 Å². The van der Waals surface area contributed by atoms with Gasteiger partial charge in [0.05, 0.1) is 17.9 Å². The Morgan fingerprint density at radius 2 is 2.00 bits per heavy atom. The Labute approximate surface area is 162 Å². The average molecular weight is 387 g/mol. The molecule has 1 fully saturated rings. The van der Waals surface area contributed by atoms with E-state index in [1.807, 2.05) is 13.8 Å². The molecule has 6 heteroatoms. The second-order valence-electron chi connectivity index (χ2n) is 6.47. The molecule has 0 spiro atoms. The molecule has 2 aromatic carbocycles. The molecule has 0 aliphatic carbocycles. The highest BCUT2D eigenvalue weighted by Gasteiger charge is 2.34. The normalized spacial score (nSPS) is 16.6. The third-order valence-corrected chi connectivity index (χ3v) is 5.66. The zero-order valence-electron chi connectivity index (χ0n) is 15.4. The lowest BCUT2D eigenvalue weighted by molar-refractivity contribution is -0.115. The second kappa shape index (κ2) is 8.57. The number of aryl methyl sites for hydroxylation is 1. The largest absolute Gasteiger partial charge is 0.462 e. The van der Waals surface area contributed by atoms with Gasteiger partial charge < -0.3 is 4.74 Å². The SMILES string of the molecule is CCCCOC(=O)c1ccc(N2C(=O)CSC2c2ccc(F)cc2)c(C)c1. The van der Waals surface area contributed by atoms with E-state index >= 15 is 0 Å². The molecule has 0 N–H and O–H groups in total. The third-order valence-electron chi connectivity index (χ3n) is 4.45. The number of amides is 1. The van der Waals surface area contributed by atoms with Crippen molar-refractivity contribution >= 4 is 29.3 Å². The van der Waals surface area contributed by atoms with Gasteiger partial charge in [0.1, 0.15) is 11.2 Å². The molecule has 1 saturated heterocycles. The van der Waals surface area contributed by atoms with Crippen molar-refractivity contribution in [2.24, 2.45) is 0 Å². The fraction of sp³-hybridized carbons (Fsp3) is 0.333. The number of nitrogens with zero attached hydrogens (tertiary/aromatic N) is 1. The predicted octanol–water partition coefficient (Wildman–Crippen LogP) is 4.87. The Hall–Kier alpha value is -2.34. The minimum Gasteiger partial charge on any atom is -0.462 e. The summed E-state index contributed by atoms with van der Waals surface area (Å²) >= 11 is 1.51. The molecular weight excluding hydrogens is 365 g/mol. The van der Waals surface area contributed by atoms with Crippen LogP contribution in [0.1, 0.15) is 46.6 Å². The molecule has 1 aliphatic rings. The van der Waals surface area contributed by atoms with Gasteiger partial charge in [0.25, 0.3) is 0 Å². The first kappa shape index (κ1) is 19.4. The van der Waals surface area contributed by atoms with Gasteiger partial charge >= 0.3 is 5.97 Å². The Balaban J connectivity index is 1.84. The highest BCUT2D eigenvalue weighted by molar-refractivity contribution is 8.00. The first-order valence-corrected chi connectivity index (χ1v) is 10.0. The molecule has 1 amide bonds. The lowest BCUT2D eigenvalue weighted by Gasteiger charge is -2.26. The summed E-state index contributed by atoms with van der Waals surface area (Å²) < 4.78 is 18.5. The van der Waals surface area contributed by atoms with Crippen LogP contribution in [0.2, 0.25) is 0 Å². The van der Waals surface area contributed by atoms with E-state index in [1.54, 1.807) is 35.2 Å². The van der Waals surface area contributed by atoms with Crippen molar-refractivity contribution in [1.29, 1.82) is 0 Å². The van der Waals surface area contributed by atoms with Gasteiger partial charge in [-0.1, -0.05) is 25.5 Å².